The normalized spacial score (nSPS) is 14.3. The summed E-state index contributed by atoms with van der Waals surface area (Å²) in [5.41, 5.74) is 3.30. The lowest BCUT2D eigenvalue weighted by Crippen LogP contribution is -2.20. The van der Waals surface area contributed by atoms with Crippen molar-refractivity contribution in [1.82, 2.24) is 10.2 Å². The Hall–Kier alpha value is -2.79. The van der Waals surface area contributed by atoms with Crippen LogP contribution in [0.1, 0.15) is 36.5 Å². The molecule has 1 fully saturated rings. The molecule has 0 saturated carbocycles. The average molecular weight is 395 g/mol. The van der Waals surface area contributed by atoms with E-state index in [1.54, 1.807) is 13.2 Å². The first-order valence-corrected chi connectivity index (χ1v) is 10.2. The minimum absolute atomic E-state index is 0.126. The van der Waals surface area contributed by atoms with Crippen LogP contribution in [-0.4, -0.2) is 37.6 Å². The van der Waals surface area contributed by atoms with Crippen LogP contribution in [0.3, 0.4) is 0 Å². The summed E-state index contributed by atoms with van der Waals surface area (Å²) in [4.78, 5) is 14.6. The fraction of sp³-hybridized carbons (Fsp3) is 0.375. The van der Waals surface area contributed by atoms with Crippen molar-refractivity contribution in [2.24, 2.45) is 0 Å². The van der Waals surface area contributed by atoms with Crippen LogP contribution in [0, 0.1) is 0 Å². The van der Waals surface area contributed by atoms with Gasteiger partial charge in [-0.3, -0.25) is 9.69 Å². The number of rotatable bonds is 9. The summed E-state index contributed by atoms with van der Waals surface area (Å²) in [6.45, 7) is 6.43. The minimum Gasteiger partial charge on any atom is -0.493 e. The highest BCUT2D eigenvalue weighted by Crippen LogP contribution is 2.28. The number of ether oxygens (including phenoxy) is 2. The summed E-state index contributed by atoms with van der Waals surface area (Å²) in [7, 11) is 1.61. The lowest BCUT2D eigenvalue weighted by atomic mass is 10.1. The van der Waals surface area contributed by atoms with Gasteiger partial charge in [0.15, 0.2) is 11.5 Å². The molecule has 1 aliphatic heterocycles. The zero-order chi connectivity index (χ0) is 20.5. The molecule has 0 spiro atoms. The van der Waals surface area contributed by atoms with E-state index in [-0.39, 0.29) is 5.91 Å². The number of hydrogen-bond donors (Lipinski definition) is 1. The van der Waals surface area contributed by atoms with Gasteiger partial charge in [0.1, 0.15) is 0 Å². The zero-order valence-corrected chi connectivity index (χ0v) is 17.3. The van der Waals surface area contributed by atoms with Crippen LogP contribution in [-0.2, 0) is 17.9 Å². The highest BCUT2D eigenvalue weighted by molar-refractivity contribution is 5.91. The third kappa shape index (κ3) is 6.36. The van der Waals surface area contributed by atoms with Crippen molar-refractivity contribution in [3.8, 4) is 11.5 Å². The molecule has 1 heterocycles. The van der Waals surface area contributed by atoms with E-state index in [4.69, 9.17) is 9.47 Å². The van der Waals surface area contributed by atoms with Crippen molar-refractivity contribution >= 4 is 12.0 Å². The number of methoxy groups -OCH3 is 1. The van der Waals surface area contributed by atoms with Gasteiger partial charge >= 0.3 is 0 Å². The van der Waals surface area contributed by atoms with Crippen LogP contribution in [0.25, 0.3) is 6.08 Å². The van der Waals surface area contributed by atoms with Gasteiger partial charge in [-0.25, -0.2) is 0 Å². The smallest absolute Gasteiger partial charge is 0.244 e. The van der Waals surface area contributed by atoms with Crippen LogP contribution < -0.4 is 14.8 Å². The second-order valence-electron chi connectivity index (χ2n) is 7.19. The van der Waals surface area contributed by atoms with Gasteiger partial charge in [0.25, 0.3) is 0 Å². The number of amides is 1. The van der Waals surface area contributed by atoms with E-state index in [9.17, 15) is 4.79 Å². The molecule has 154 valence electrons. The summed E-state index contributed by atoms with van der Waals surface area (Å²) in [6.07, 6.45) is 5.92. The maximum absolute atomic E-state index is 12.2. The zero-order valence-electron chi connectivity index (χ0n) is 17.3. The summed E-state index contributed by atoms with van der Waals surface area (Å²) < 4.78 is 10.8. The van der Waals surface area contributed by atoms with E-state index in [0.29, 0.717) is 24.7 Å². The lowest BCUT2D eigenvalue weighted by Gasteiger charge is -2.14. The molecule has 1 saturated heterocycles. The largest absolute Gasteiger partial charge is 0.493 e. The molecule has 0 atom stereocenters. The number of nitrogens with one attached hydrogen (secondary N) is 1. The second-order valence-corrected chi connectivity index (χ2v) is 7.19. The number of carbonyl (C=O) groups excluding carboxylic acids is 1. The first-order chi connectivity index (χ1) is 14.2. The number of nitrogens with zero attached hydrogens (tertiary/aromatic N) is 1. The first kappa shape index (κ1) is 20.9. The third-order valence-corrected chi connectivity index (χ3v) is 5.01. The Kier molecular flexibility index (Phi) is 7.70. The molecule has 2 aromatic rings. The summed E-state index contributed by atoms with van der Waals surface area (Å²) in [6, 6.07) is 14.1. The minimum atomic E-state index is -0.126. The molecule has 0 unspecified atom stereocenters. The highest BCUT2D eigenvalue weighted by Gasteiger charge is 2.11. The van der Waals surface area contributed by atoms with Crippen molar-refractivity contribution < 1.29 is 14.3 Å². The third-order valence-electron chi connectivity index (χ3n) is 5.01. The molecule has 1 N–H and O–H groups in total. The Balaban J connectivity index is 1.49. The van der Waals surface area contributed by atoms with Crippen molar-refractivity contribution in [3.63, 3.8) is 0 Å². The van der Waals surface area contributed by atoms with Gasteiger partial charge < -0.3 is 14.8 Å². The van der Waals surface area contributed by atoms with Gasteiger partial charge in [-0.15, -0.1) is 0 Å². The maximum Gasteiger partial charge on any atom is 0.244 e. The molecule has 0 aliphatic carbocycles. The molecule has 29 heavy (non-hydrogen) atoms. The van der Waals surface area contributed by atoms with E-state index in [0.717, 1.165) is 17.7 Å². The molecule has 3 rings (SSSR count). The standard InChI is InChI=1S/C24H30N2O3/c1-3-29-22-12-10-19(16-23(22)28-2)11-13-24(27)25-17-20-6-8-21(9-7-20)18-26-14-4-5-15-26/h6-13,16H,3-5,14-15,17-18H2,1-2H3,(H,25,27)/b13-11+. The van der Waals surface area contributed by atoms with Gasteiger partial charge in [-0.05, 0) is 67.8 Å². The lowest BCUT2D eigenvalue weighted by molar-refractivity contribution is -0.116. The van der Waals surface area contributed by atoms with Gasteiger partial charge in [-0.2, -0.15) is 0 Å². The molecule has 2 aromatic carbocycles. The van der Waals surface area contributed by atoms with Crippen molar-refractivity contribution in [3.05, 3.63) is 65.2 Å². The fourth-order valence-electron chi connectivity index (χ4n) is 3.44. The number of carbonyl (C=O) groups is 1. The van der Waals surface area contributed by atoms with Crippen LogP contribution >= 0.6 is 0 Å². The van der Waals surface area contributed by atoms with Gasteiger partial charge in [-0.1, -0.05) is 30.3 Å². The van der Waals surface area contributed by atoms with Gasteiger partial charge in [0.05, 0.1) is 13.7 Å². The second kappa shape index (κ2) is 10.7. The Bertz CT molecular complexity index is 825. The number of hydrogen-bond acceptors (Lipinski definition) is 4. The molecule has 0 radical (unpaired) electrons. The van der Waals surface area contributed by atoms with Crippen molar-refractivity contribution in [1.29, 1.82) is 0 Å². The van der Waals surface area contributed by atoms with E-state index >= 15 is 0 Å². The summed E-state index contributed by atoms with van der Waals surface area (Å²) in [5.74, 6) is 1.23. The predicted molar refractivity (Wildman–Crippen MR) is 116 cm³/mol. The molecule has 1 amide bonds. The van der Waals surface area contributed by atoms with Crippen molar-refractivity contribution in [2.45, 2.75) is 32.9 Å². The fourth-order valence-corrected chi connectivity index (χ4v) is 3.44. The molecular weight excluding hydrogens is 364 g/mol. The van der Waals surface area contributed by atoms with E-state index in [2.05, 4.69) is 34.5 Å². The van der Waals surface area contributed by atoms with Crippen LogP contribution in [0.4, 0.5) is 0 Å². The maximum atomic E-state index is 12.2. The highest BCUT2D eigenvalue weighted by atomic mass is 16.5. The van der Waals surface area contributed by atoms with Gasteiger partial charge in [0.2, 0.25) is 5.91 Å². The number of benzene rings is 2. The Morgan fingerprint density at radius 1 is 1.07 bits per heavy atom. The average Bonchev–Trinajstić information content (AvgIpc) is 3.25. The molecule has 0 bridgehead atoms. The Morgan fingerprint density at radius 2 is 1.79 bits per heavy atom. The monoisotopic (exact) mass is 394 g/mol. The Morgan fingerprint density at radius 3 is 2.48 bits per heavy atom. The van der Waals surface area contributed by atoms with Crippen LogP contribution in [0.5, 0.6) is 11.5 Å². The topological polar surface area (TPSA) is 50.8 Å². The predicted octanol–water partition coefficient (Wildman–Crippen LogP) is 4.02. The van der Waals surface area contributed by atoms with E-state index in [1.807, 2.05) is 25.1 Å². The van der Waals surface area contributed by atoms with Crippen LogP contribution in [0.2, 0.25) is 0 Å². The van der Waals surface area contributed by atoms with Gasteiger partial charge in [0, 0.05) is 19.2 Å². The van der Waals surface area contributed by atoms with Crippen molar-refractivity contribution in [2.75, 3.05) is 26.8 Å². The SMILES string of the molecule is CCOc1ccc(/C=C/C(=O)NCc2ccc(CN3CCCC3)cc2)cc1OC. The van der Waals surface area contributed by atoms with E-state index < -0.39 is 0 Å². The number of likely N-dealkylation sites (tertiary alicyclic amines) is 1. The first-order valence-electron chi connectivity index (χ1n) is 10.2. The summed E-state index contributed by atoms with van der Waals surface area (Å²) in [5, 5.41) is 2.93. The molecule has 5 nitrogen and oxygen atoms in total. The molecular formula is C24H30N2O3. The molecule has 0 aromatic heterocycles. The molecule has 1 aliphatic rings. The quantitative estimate of drug-likeness (QED) is 0.653. The van der Waals surface area contributed by atoms with E-state index in [1.165, 1.54) is 37.6 Å². The van der Waals surface area contributed by atoms with Crippen LogP contribution in [0.15, 0.2) is 48.5 Å². The summed E-state index contributed by atoms with van der Waals surface area (Å²) >= 11 is 0. The Labute approximate surface area is 173 Å². The molecule has 5 heteroatoms.